The predicted molar refractivity (Wildman–Crippen MR) is 172 cm³/mol. The molecule has 2 aromatic rings. The van der Waals surface area contributed by atoms with Crippen LogP contribution in [0.2, 0.25) is 16.6 Å². The third-order valence-corrected chi connectivity index (χ3v) is 15.2. The first-order chi connectivity index (χ1) is 20.5. The van der Waals surface area contributed by atoms with Gasteiger partial charge in [0.2, 0.25) is 5.91 Å². The van der Waals surface area contributed by atoms with Crippen LogP contribution in [-0.4, -0.2) is 52.9 Å². The van der Waals surface area contributed by atoms with E-state index in [0.29, 0.717) is 52.6 Å². The largest absolute Gasteiger partial charge is 0.497 e. The van der Waals surface area contributed by atoms with E-state index in [4.69, 9.17) is 14.2 Å². The molecule has 2 aromatic carbocycles. The molecule has 1 saturated heterocycles. The van der Waals surface area contributed by atoms with E-state index in [1.807, 2.05) is 6.07 Å². The molecule has 43 heavy (non-hydrogen) atoms. The third-order valence-electron chi connectivity index (χ3n) is 8.91. The lowest BCUT2D eigenvalue weighted by Gasteiger charge is -2.44. The molecule has 7 nitrogen and oxygen atoms in total. The number of nitrogens with zero attached hydrogens (tertiary/aromatic N) is 1. The number of nitrogens with one attached hydrogen (secondary N) is 1. The number of methoxy groups -OCH3 is 2. The quantitative estimate of drug-likeness (QED) is 0.229. The number of halogens is 1. The van der Waals surface area contributed by atoms with Crippen LogP contribution in [-0.2, 0) is 27.5 Å². The average molecular weight is 611 g/mol. The average Bonchev–Trinajstić information content (AvgIpc) is 3.00. The second-order valence-corrected chi connectivity index (χ2v) is 17.7. The molecule has 1 aliphatic rings. The number of hydrogen-bond acceptors (Lipinski definition) is 5. The highest BCUT2D eigenvalue weighted by Gasteiger charge is 2.49. The number of anilines is 1. The minimum absolute atomic E-state index is 0.188. The van der Waals surface area contributed by atoms with E-state index in [1.54, 1.807) is 50.6 Å². The summed E-state index contributed by atoms with van der Waals surface area (Å²) in [6.45, 7) is 13.3. The minimum atomic E-state index is -2.24. The van der Waals surface area contributed by atoms with E-state index < -0.39 is 26.2 Å². The molecule has 0 unspecified atom stereocenters. The first-order valence-electron chi connectivity index (χ1n) is 15.1. The van der Waals surface area contributed by atoms with E-state index in [9.17, 15) is 14.0 Å². The fraction of sp³-hybridized carbons (Fsp3) is 0.529. The maximum absolute atomic E-state index is 14.3. The van der Waals surface area contributed by atoms with Gasteiger partial charge in [0.15, 0.2) is 0 Å². The molecule has 1 N–H and O–H groups in total. The number of benzene rings is 2. The molecule has 0 aliphatic carbocycles. The molecule has 3 rings (SSSR count). The highest BCUT2D eigenvalue weighted by Crippen LogP contribution is 2.41. The smallest absolute Gasteiger partial charge is 0.303 e. The van der Waals surface area contributed by atoms with Gasteiger partial charge in [-0.3, -0.25) is 14.5 Å². The Hall–Kier alpha value is -3.35. The summed E-state index contributed by atoms with van der Waals surface area (Å²) in [5.41, 5.74) is 5.05. The number of hydrogen-bond donors (Lipinski definition) is 1. The fourth-order valence-electron chi connectivity index (χ4n) is 6.54. The Balaban J connectivity index is 2.10. The first kappa shape index (κ1) is 34.1. The lowest BCUT2D eigenvalue weighted by atomic mass is 9.85. The van der Waals surface area contributed by atoms with E-state index >= 15 is 0 Å². The molecule has 1 fully saturated rings. The summed E-state index contributed by atoms with van der Waals surface area (Å²) in [6.07, 6.45) is 0.579. The lowest BCUT2D eigenvalue weighted by Crippen LogP contribution is -2.63. The van der Waals surface area contributed by atoms with Gasteiger partial charge in [-0.25, -0.2) is 4.39 Å². The van der Waals surface area contributed by atoms with Crippen LogP contribution in [0.5, 0.6) is 11.5 Å². The van der Waals surface area contributed by atoms with E-state index in [1.165, 1.54) is 4.90 Å². The summed E-state index contributed by atoms with van der Waals surface area (Å²) >= 11 is 0. The zero-order chi connectivity index (χ0) is 31.8. The Labute approximate surface area is 257 Å². The molecular formula is C34H47FN2O5Si. The van der Waals surface area contributed by atoms with Gasteiger partial charge in [0.05, 0.1) is 14.2 Å². The number of ether oxygens (including phenoxy) is 3. The van der Waals surface area contributed by atoms with Crippen LogP contribution in [0.25, 0.3) is 0 Å². The first-order valence-corrected chi connectivity index (χ1v) is 17.3. The minimum Gasteiger partial charge on any atom is -0.497 e. The SMILES string of the molecule is COc1ccc(CNC(=O)C2(N(C(=O)C#C[Si](C(C)C)(C(C)C)C(C)C)c3ccc(CF)cc3)CCOCC2)c(OC)c1. The van der Waals surface area contributed by atoms with Crippen LogP contribution < -0.4 is 19.7 Å². The van der Waals surface area contributed by atoms with Crippen molar-refractivity contribution in [3.8, 4) is 23.0 Å². The van der Waals surface area contributed by atoms with Crippen LogP contribution in [0.1, 0.15) is 65.5 Å². The maximum atomic E-state index is 14.3. The number of alkyl halides is 1. The summed E-state index contributed by atoms with van der Waals surface area (Å²) in [6, 6.07) is 12.1. The molecule has 9 heteroatoms. The van der Waals surface area contributed by atoms with Crippen molar-refractivity contribution >= 4 is 25.6 Å². The zero-order valence-corrected chi connectivity index (χ0v) is 27.9. The topological polar surface area (TPSA) is 77.1 Å². The van der Waals surface area contributed by atoms with E-state index in [0.717, 1.165) is 5.56 Å². The van der Waals surface area contributed by atoms with Gasteiger partial charge in [-0.2, -0.15) is 0 Å². The van der Waals surface area contributed by atoms with Gasteiger partial charge < -0.3 is 19.5 Å². The van der Waals surface area contributed by atoms with E-state index in [2.05, 4.69) is 58.3 Å². The van der Waals surface area contributed by atoms with Crippen molar-refractivity contribution < 1.29 is 28.2 Å². The van der Waals surface area contributed by atoms with E-state index in [-0.39, 0.29) is 25.3 Å². The molecule has 0 aromatic heterocycles. The van der Waals surface area contributed by atoms with Gasteiger partial charge in [-0.1, -0.05) is 53.7 Å². The Morgan fingerprint density at radius 2 is 1.58 bits per heavy atom. The third kappa shape index (κ3) is 7.24. The highest BCUT2D eigenvalue weighted by atomic mass is 28.3. The normalized spacial score (nSPS) is 14.7. The van der Waals surface area contributed by atoms with Gasteiger partial charge in [0.25, 0.3) is 0 Å². The second kappa shape index (κ2) is 14.9. The van der Waals surface area contributed by atoms with Crippen molar-refractivity contribution in [3.05, 3.63) is 53.6 Å². The van der Waals surface area contributed by atoms with Crippen LogP contribution >= 0.6 is 0 Å². The summed E-state index contributed by atoms with van der Waals surface area (Å²) in [5, 5.41) is 3.07. The Kier molecular flexibility index (Phi) is 11.8. The molecule has 0 bridgehead atoms. The molecule has 0 radical (unpaired) electrons. The van der Waals surface area contributed by atoms with Crippen LogP contribution in [0.15, 0.2) is 42.5 Å². The zero-order valence-electron chi connectivity index (χ0n) is 26.9. The Bertz CT molecular complexity index is 1290. The van der Waals surface area contributed by atoms with Crippen molar-refractivity contribution in [2.45, 2.75) is 89.8 Å². The summed E-state index contributed by atoms with van der Waals surface area (Å²) in [4.78, 5) is 30.1. The van der Waals surface area contributed by atoms with Crippen molar-refractivity contribution in [2.24, 2.45) is 0 Å². The fourth-order valence-corrected chi connectivity index (χ4v) is 11.7. The standard InChI is InChI=1S/C34H47FN2O5Si/c1-24(2)43(25(3)4,26(5)6)20-15-32(38)37(29-12-9-27(22-35)10-13-29)34(16-18-42-19-17-34)33(39)36-23-28-11-14-30(40-7)21-31(28)41-8/h9-14,21,24-26H,16-19,22-23H2,1-8H3,(H,36,39). The van der Waals surface area contributed by atoms with Gasteiger partial charge >= 0.3 is 5.91 Å². The Morgan fingerprint density at radius 1 is 0.977 bits per heavy atom. The van der Waals surface area contributed by atoms with Gasteiger partial charge in [-0.05, 0) is 52.4 Å². The molecule has 0 atom stereocenters. The molecular weight excluding hydrogens is 563 g/mol. The number of carbonyl (C=O) groups excluding carboxylic acids is 2. The van der Waals surface area contributed by atoms with Gasteiger partial charge in [0, 0.05) is 49.9 Å². The van der Waals surface area contributed by atoms with Crippen LogP contribution in [0, 0.1) is 11.5 Å². The monoisotopic (exact) mass is 610 g/mol. The second-order valence-electron chi connectivity index (χ2n) is 12.1. The summed E-state index contributed by atoms with van der Waals surface area (Å²) in [5.74, 6) is 3.52. The predicted octanol–water partition coefficient (Wildman–Crippen LogP) is 6.59. The van der Waals surface area contributed by atoms with Crippen molar-refractivity contribution in [1.82, 2.24) is 5.32 Å². The molecule has 0 spiro atoms. The van der Waals surface area contributed by atoms with Crippen molar-refractivity contribution in [1.29, 1.82) is 0 Å². The number of rotatable bonds is 11. The summed E-state index contributed by atoms with van der Waals surface area (Å²) in [7, 11) is 0.905. The van der Waals surface area contributed by atoms with Gasteiger partial charge in [0.1, 0.15) is 31.8 Å². The van der Waals surface area contributed by atoms with Crippen LogP contribution in [0.4, 0.5) is 10.1 Å². The van der Waals surface area contributed by atoms with Crippen molar-refractivity contribution in [3.63, 3.8) is 0 Å². The maximum Gasteiger partial charge on any atom is 0.303 e. The Morgan fingerprint density at radius 3 is 2.09 bits per heavy atom. The van der Waals surface area contributed by atoms with Gasteiger partial charge in [-0.15, -0.1) is 5.54 Å². The molecule has 0 saturated carbocycles. The number of carbonyl (C=O) groups is 2. The highest BCUT2D eigenvalue weighted by molar-refractivity contribution is 6.90. The number of amides is 2. The lowest BCUT2D eigenvalue weighted by molar-refractivity contribution is -0.133. The van der Waals surface area contributed by atoms with Crippen LogP contribution in [0.3, 0.4) is 0 Å². The molecule has 1 aliphatic heterocycles. The molecule has 1 heterocycles. The van der Waals surface area contributed by atoms with Crippen molar-refractivity contribution in [2.75, 3.05) is 32.3 Å². The molecule has 234 valence electrons. The summed E-state index contributed by atoms with van der Waals surface area (Å²) < 4.78 is 29.9. The molecule has 2 amide bonds.